The molecule has 1 aliphatic heterocycles. The Morgan fingerprint density at radius 3 is 2.37 bits per heavy atom. The van der Waals surface area contributed by atoms with Gasteiger partial charge >= 0.3 is 0 Å². The smallest absolute Gasteiger partial charge is 0.225 e. The minimum Gasteiger partial charge on any atom is -0.497 e. The molecular formula is C23H28N2O5. The van der Waals surface area contributed by atoms with Crippen molar-refractivity contribution in [3.8, 4) is 17.2 Å². The van der Waals surface area contributed by atoms with Gasteiger partial charge in [0.1, 0.15) is 5.75 Å². The van der Waals surface area contributed by atoms with Gasteiger partial charge in [-0.2, -0.15) is 0 Å². The lowest BCUT2D eigenvalue weighted by molar-refractivity contribution is -0.129. The van der Waals surface area contributed by atoms with Gasteiger partial charge in [0.05, 0.1) is 27.2 Å². The molecule has 0 aliphatic carbocycles. The summed E-state index contributed by atoms with van der Waals surface area (Å²) >= 11 is 0. The van der Waals surface area contributed by atoms with Crippen LogP contribution in [0.1, 0.15) is 17.5 Å². The standard InChI is InChI=1S/C23H28N2O5/c1-28-19-7-4-17(5-8-19)14-24-23(27)18-13-22(26)25(15-18)11-10-16-6-9-20(29-2)21(12-16)30-3/h4-9,12,18H,10-11,13-15H2,1-3H3,(H,24,27)/t18-/m1/s1. The number of carbonyl (C=O) groups excluding carboxylic acids is 2. The topological polar surface area (TPSA) is 77.1 Å². The molecule has 0 radical (unpaired) electrons. The molecule has 0 bridgehead atoms. The van der Waals surface area contributed by atoms with E-state index >= 15 is 0 Å². The Balaban J connectivity index is 1.49. The molecule has 0 unspecified atom stereocenters. The number of amides is 2. The second kappa shape index (κ2) is 10.0. The molecule has 3 rings (SSSR count). The van der Waals surface area contributed by atoms with Crippen molar-refractivity contribution in [2.75, 3.05) is 34.4 Å². The number of hydrogen-bond donors (Lipinski definition) is 1. The van der Waals surface area contributed by atoms with Crippen LogP contribution in [0, 0.1) is 5.92 Å². The van der Waals surface area contributed by atoms with Crippen molar-refractivity contribution in [2.45, 2.75) is 19.4 Å². The van der Waals surface area contributed by atoms with E-state index < -0.39 is 0 Å². The zero-order valence-electron chi connectivity index (χ0n) is 17.6. The van der Waals surface area contributed by atoms with E-state index in [2.05, 4.69) is 5.32 Å². The lowest BCUT2D eigenvalue weighted by Gasteiger charge is -2.17. The number of nitrogens with zero attached hydrogens (tertiary/aromatic N) is 1. The summed E-state index contributed by atoms with van der Waals surface area (Å²) in [5.41, 5.74) is 2.03. The third-order valence-corrected chi connectivity index (χ3v) is 5.33. The SMILES string of the molecule is COc1ccc(CNC(=O)[C@@H]2CC(=O)N(CCc3ccc(OC)c(OC)c3)C2)cc1. The largest absolute Gasteiger partial charge is 0.497 e. The average Bonchev–Trinajstić information content (AvgIpc) is 3.16. The van der Waals surface area contributed by atoms with Crippen LogP contribution in [0.25, 0.3) is 0 Å². The number of benzene rings is 2. The van der Waals surface area contributed by atoms with Gasteiger partial charge in [0.2, 0.25) is 11.8 Å². The van der Waals surface area contributed by atoms with Crippen LogP contribution in [0.5, 0.6) is 17.2 Å². The number of likely N-dealkylation sites (tertiary alicyclic amines) is 1. The third-order valence-electron chi connectivity index (χ3n) is 5.33. The van der Waals surface area contributed by atoms with Crippen LogP contribution in [0.4, 0.5) is 0 Å². The van der Waals surface area contributed by atoms with Gasteiger partial charge in [0.15, 0.2) is 11.5 Å². The van der Waals surface area contributed by atoms with Crippen molar-refractivity contribution in [3.05, 3.63) is 53.6 Å². The summed E-state index contributed by atoms with van der Waals surface area (Å²) in [6.07, 6.45) is 0.937. The molecule has 7 heteroatoms. The van der Waals surface area contributed by atoms with E-state index in [0.29, 0.717) is 37.6 Å². The van der Waals surface area contributed by atoms with Crippen LogP contribution in [0.2, 0.25) is 0 Å². The molecule has 2 aromatic rings. The van der Waals surface area contributed by atoms with E-state index in [-0.39, 0.29) is 24.2 Å². The Labute approximate surface area is 176 Å². The Morgan fingerprint density at radius 1 is 1.00 bits per heavy atom. The molecule has 0 aromatic heterocycles. The normalized spacial score (nSPS) is 15.8. The average molecular weight is 412 g/mol. The monoisotopic (exact) mass is 412 g/mol. The maximum atomic E-state index is 12.5. The molecular weight excluding hydrogens is 384 g/mol. The first-order valence-electron chi connectivity index (χ1n) is 9.93. The Hall–Kier alpha value is -3.22. The fourth-order valence-electron chi connectivity index (χ4n) is 3.54. The molecule has 30 heavy (non-hydrogen) atoms. The van der Waals surface area contributed by atoms with Crippen LogP contribution in [0.15, 0.2) is 42.5 Å². The van der Waals surface area contributed by atoms with E-state index in [1.807, 2.05) is 42.5 Å². The van der Waals surface area contributed by atoms with Crippen molar-refractivity contribution < 1.29 is 23.8 Å². The van der Waals surface area contributed by atoms with E-state index in [9.17, 15) is 9.59 Å². The van der Waals surface area contributed by atoms with Crippen molar-refractivity contribution in [1.29, 1.82) is 0 Å². The van der Waals surface area contributed by atoms with Gasteiger partial charge < -0.3 is 24.4 Å². The summed E-state index contributed by atoms with van der Waals surface area (Å²) in [5, 5.41) is 2.93. The maximum Gasteiger partial charge on any atom is 0.225 e. The van der Waals surface area contributed by atoms with Crippen LogP contribution >= 0.6 is 0 Å². The first-order chi connectivity index (χ1) is 14.5. The van der Waals surface area contributed by atoms with Gasteiger partial charge in [0, 0.05) is 26.1 Å². The van der Waals surface area contributed by atoms with Crippen molar-refractivity contribution >= 4 is 11.8 Å². The quantitative estimate of drug-likeness (QED) is 0.685. The molecule has 2 amide bonds. The molecule has 1 atom stereocenters. The summed E-state index contributed by atoms with van der Waals surface area (Å²) in [6, 6.07) is 13.3. The lowest BCUT2D eigenvalue weighted by Crippen LogP contribution is -2.33. The molecule has 1 aliphatic rings. The zero-order valence-corrected chi connectivity index (χ0v) is 17.6. The van der Waals surface area contributed by atoms with Crippen LogP contribution < -0.4 is 19.5 Å². The van der Waals surface area contributed by atoms with Gasteiger partial charge in [-0.05, 0) is 41.8 Å². The van der Waals surface area contributed by atoms with E-state index in [0.717, 1.165) is 16.9 Å². The molecule has 160 valence electrons. The maximum absolute atomic E-state index is 12.5. The Kier molecular flexibility index (Phi) is 7.17. The van der Waals surface area contributed by atoms with Crippen molar-refractivity contribution in [2.24, 2.45) is 5.92 Å². The predicted molar refractivity (Wildman–Crippen MR) is 113 cm³/mol. The molecule has 0 spiro atoms. The van der Waals surface area contributed by atoms with Crippen molar-refractivity contribution in [3.63, 3.8) is 0 Å². The number of methoxy groups -OCH3 is 3. The minimum absolute atomic E-state index is 0.0140. The van der Waals surface area contributed by atoms with E-state index in [1.54, 1.807) is 26.2 Å². The van der Waals surface area contributed by atoms with Gasteiger partial charge in [-0.1, -0.05) is 18.2 Å². The Morgan fingerprint density at radius 2 is 1.70 bits per heavy atom. The number of carbonyl (C=O) groups is 2. The third kappa shape index (κ3) is 5.23. The van der Waals surface area contributed by atoms with Gasteiger partial charge in [-0.15, -0.1) is 0 Å². The van der Waals surface area contributed by atoms with Crippen LogP contribution in [-0.4, -0.2) is 51.1 Å². The number of hydrogen-bond acceptors (Lipinski definition) is 5. The summed E-state index contributed by atoms with van der Waals surface area (Å²) in [7, 11) is 4.81. The fourth-order valence-corrected chi connectivity index (χ4v) is 3.54. The number of rotatable bonds is 9. The summed E-state index contributed by atoms with van der Waals surface area (Å²) in [6.45, 7) is 1.44. The highest BCUT2D eigenvalue weighted by Crippen LogP contribution is 2.28. The highest BCUT2D eigenvalue weighted by molar-refractivity contribution is 5.89. The second-order valence-electron chi connectivity index (χ2n) is 7.25. The zero-order chi connectivity index (χ0) is 21.5. The molecule has 2 aromatic carbocycles. The van der Waals surface area contributed by atoms with Crippen LogP contribution in [-0.2, 0) is 22.6 Å². The molecule has 1 fully saturated rings. The summed E-state index contributed by atoms with van der Waals surface area (Å²) in [4.78, 5) is 26.6. The van der Waals surface area contributed by atoms with Gasteiger partial charge in [-0.3, -0.25) is 9.59 Å². The van der Waals surface area contributed by atoms with Gasteiger partial charge in [0.25, 0.3) is 0 Å². The molecule has 1 N–H and O–H groups in total. The van der Waals surface area contributed by atoms with Gasteiger partial charge in [-0.25, -0.2) is 0 Å². The number of nitrogens with one attached hydrogen (secondary N) is 1. The molecule has 1 saturated heterocycles. The lowest BCUT2D eigenvalue weighted by atomic mass is 10.1. The van der Waals surface area contributed by atoms with E-state index in [1.165, 1.54) is 0 Å². The Bertz CT molecular complexity index is 882. The summed E-state index contributed by atoms with van der Waals surface area (Å²) in [5.74, 6) is 1.72. The summed E-state index contributed by atoms with van der Waals surface area (Å²) < 4.78 is 15.7. The first-order valence-corrected chi connectivity index (χ1v) is 9.93. The second-order valence-corrected chi connectivity index (χ2v) is 7.25. The molecule has 0 saturated carbocycles. The first kappa shape index (κ1) is 21.5. The minimum atomic E-state index is -0.318. The van der Waals surface area contributed by atoms with Crippen LogP contribution in [0.3, 0.4) is 0 Å². The highest BCUT2D eigenvalue weighted by atomic mass is 16.5. The number of ether oxygens (including phenoxy) is 3. The van der Waals surface area contributed by atoms with Crippen molar-refractivity contribution in [1.82, 2.24) is 10.2 Å². The predicted octanol–water partition coefficient (Wildman–Crippen LogP) is 2.42. The molecule has 7 nitrogen and oxygen atoms in total. The molecule has 1 heterocycles. The highest BCUT2D eigenvalue weighted by Gasteiger charge is 2.33. The van der Waals surface area contributed by atoms with E-state index in [4.69, 9.17) is 14.2 Å². The fraction of sp³-hybridized carbons (Fsp3) is 0.391.